The van der Waals surface area contributed by atoms with Gasteiger partial charge in [-0.3, -0.25) is 0 Å². The van der Waals surface area contributed by atoms with Crippen LogP contribution in [0.25, 0.3) is 6.08 Å². The molecule has 2 fully saturated rings. The van der Waals surface area contributed by atoms with Crippen LogP contribution < -0.4 is 9.47 Å². The predicted molar refractivity (Wildman–Crippen MR) is 144 cm³/mol. The van der Waals surface area contributed by atoms with E-state index in [0.29, 0.717) is 11.5 Å². The summed E-state index contributed by atoms with van der Waals surface area (Å²) in [5.74, 6) is 0.531. The highest BCUT2D eigenvalue weighted by Crippen LogP contribution is 2.28. The zero-order chi connectivity index (χ0) is 29.7. The monoisotopic (exact) mass is 576 g/mol. The molecule has 0 unspecified atom stereocenters. The van der Waals surface area contributed by atoms with Gasteiger partial charge in [0.2, 0.25) is 12.6 Å². The Morgan fingerprint density at radius 1 is 0.659 bits per heavy atom. The van der Waals surface area contributed by atoms with Crippen molar-refractivity contribution in [1.82, 2.24) is 0 Å². The SMILES string of the molecule is C=C[C@H](/C=C\c1ccc(O[C@H]2O[C@@H](CO)[C@@H](O)[C@@H](O)[C@H]2O)cc1)c1ccc(O[C@H]2O[C@@H](CO)[C@@H](O)[C@@H](O)[C@H]2O)cc1. The van der Waals surface area contributed by atoms with E-state index < -0.39 is 74.6 Å². The first-order valence-electron chi connectivity index (χ1n) is 13.1. The highest BCUT2D eigenvalue weighted by molar-refractivity contribution is 5.53. The molecule has 12 heteroatoms. The molecule has 2 saturated heterocycles. The predicted octanol–water partition coefficient (Wildman–Crippen LogP) is -0.973. The van der Waals surface area contributed by atoms with Gasteiger partial charge in [0.25, 0.3) is 0 Å². The molecule has 0 saturated carbocycles. The molecular formula is C29H36O12. The van der Waals surface area contributed by atoms with E-state index in [4.69, 9.17) is 18.9 Å². The van der Waals surface area contributed by atoms with Gasteiger partial charge in [0.05, 0.1) is 13.2 Å². The van der Waals surface area contributed by atoms with Crippen molar-refractivity contribution in [3.8, 4) is 11.5 Å². The second-order valence-electron chi connectivity index (χ2n) is 9.89. The number of ether oxygens (including phenoxy) is 4. The van der Waals surface area contributed by atoms with Crippen molar-refractivity contribution in [2.75, 3.05) is 13.2 Å². The van der Waals surface area contributed by atoms with Crippen LogP contribution in [-0.2, 0) is 9.47 Å². The van der Waals surface area contributed by atoms with Crippen LogP contribution in [0.3, 0.4) is 0 Å². The molecule has 2 heterocycles. The molecule has 2 aliphatic rings. The second kappa shape index (κ2) is 13.9. The number of hydrogen-bond acceptors (Lipinski definition) is 12. The molecule has 0 spiro atoms. The second-order valence-corrected chi connectivity index (χ2v) is 9.89. The van der Waals surface area contributed by atoms with Gasteiger partial charge in [0.15, 0.2) is 0 Å². The van der Waals surface area contributed by atoms with Crippen molar-refractivity contribution >= 4 is 6.08 Å². The third kappa shape index (κ3) is 7.13. The average molecular weight is 577 g/mol. The summed E-state index contributed by atoms with van der Waals surface area (Å²) in [7, 11) is 0. The Bertz CT molecular complexity index is 1140. The Morgan fingerprint density at radius 3 is 1.51 bits per heavy atom. The van der Waals surface area contributed by atoms with Crippen LogP contribution >= 0.6 is 0 Å². The molecule has 0 radical (unpaired) electrons. The lowest BCUT2D eigenvalue weighted by molar-refractivity contribution is -0.277. The molecule has 0 aromatic heterocycles. The van der Waals surface area contributed by atoms with E-state index in [1.54, 1.807) is 54.6 Å². The molecule has 0 amide bonds. The van der Waals surface area contributed by atoms with E-state index >= 15 is 0 Å². The number of aliphatic hydroxyl groups excluding tert-OH is 8. The van der Waals surface area contributed by atoms with Gasteiger partial charge in [-0.1, -0.05) is 42.5 Å². The van der Waals surface area contributed by atoms with Crippen LogP contribution in [-0.4, -0.2) is 115 Å². The van der Waals surface area contributed by atoms with Gasteiger partial charge in [-0.2, -0.15) is 0 Å². The minimum absolute atomic E-state index is 0.165. The van der Waals surface area contributed by atoms with Crippen LogP contribution in [0.2, 0.25) is 0 Å². The lowest BCUT2D eigenvalue weighted by Crippen LogP contribution is -2.60. The molecule has 0 aliphatic carbocycles. The fraction of sp³-hybridized carbons (Fsp3) is 0.448. The summed E-state index contributed by atoms with van der Waals surface area (Å²) in [6, 6.07) is 13.8. The quantitative estimate of drug-likeness (QED) is 0.161. The molecule has 12 nitrogen and oxygen atoms in total. The summed E-state index contributed by atoms with van der Waals surface area (Å²) in [6.45, 7) is 2.80. The van der Waals surface area contributed by atoms with Gasteiger partial charge in [0.1, 0.15) is 60.3 Å². The maximum absolute atomic E-state index is 10.2. The third-order valence-electron chi connectivity index (χ3n) is 7.10. The van der Waals surface area contributed by atoms with Crippen molar-refractivity contribution in [3.63, 3.8) is 0 Å². The van der Waals surface area contributed by atoms with Crippen molar-refractivity contribution in [2.24, 2.45) is 0 Å². The summed E-state index contributed by atoms with van der Waals surface area (Å²) in [6.07, 6.45) is -8.15. The fourth-order valence-corrected chi connectivity index (χ4v) is 4.56. The minimum atomic E-state index is -1.53. The van der Waals surface area contributed by atoms with E-state index in [1.807, 2.05) is 12.2 Å². The van der Waals surface area contributed by atoms with Gasteiger partial charge in [-0.15, -0.1) is 6.58 Å². The number of allylic oxidation sites excluding steroid dienone is 2. The highest BCUT2D eigenvalue weighted by Gasteiger charge is 2.45. The first-order valence-corrected chi connectivity index (χ1v) is 13.1. The average Bonchev–Trinajstić information content (AvgIpc) is 2.99. The maximum atomic E-state index is 10.2. The number of rotatable bonds is 10. The van der Waals surface area contributed by atoms with Crippen LogP contribution in [0.15, 0.2) is 67.3 Å². The highest BCUT2D eigenvalue weighted by atomic mass is 16.7. The minimum Gasteiger partial charge on any atom is -0.462 e. The van der Waals surface area contributed by atoms with Crippen LogP contribution in [0.4, 0.5) is 0 Å². The van der Waals surface area contributed by atoms with E-state index in [1.165, 1.54) is 0 Å². The largest absolute Gasteiger partial charge is 0.462 e. The Kier molecular flexibility index (Phi) is 10.5. The van der Waals surface area contributed by atoms with Gasteiger partial charge in [0, 0.05) is 5.92 Å². The van der Waals surface area contributed by atoms with E-state index in [2.05, 4.69) is 6.58 Å². The summed E-state index contributed by atoms with van der Waals surface area (Å²) in [5.41, 5.74) is 1.72. The van der Waals surface area contributed by atoms with Gasteiger partial charge >= 0.3 is 0 Å². The number of benzene rings is 2. The van der Waals surface area contributed by atoms with Crippen LogP contribution in [0.5, 0.6) is 11.5 Å². The summed E-state index contributed by atoms with van der Waals surface area (Å²) in [4.78, 5) is 0. The maximum Gasteiger partial charge on any atom is 0.229 e. The number of hydrogen-bond donors (Lipinski definition) is 8. The lowest BCUT2D eigenvalue weighted by Gasteiger charge is -2.39. The molecule has 41 heavy (non-hydrogen) atoms. The molecule has 2 aromatic carbocycles. The smallest absolute Gasteiger partial charge is 0.229 e. The Morgan fingerprint density at radius 2 is 1.10 bits per heavy atom. The molecule has 224 valence electrons. The third-order valence-corrected chi connectivity index (χ3v) is 7.10. The Balaban J connectivity index is 1.35. The molecule has 2 aromatic rings. The molecule has 0 bridgehead atoms. The van der Waals surface area contributed by atoms with E-state index in [0.717, 1.165) is 11.1 Å². The molecule has 11 atom stereocenters. The van der Waals surface area contributed by atoms with Crippen LogP contribution in [0.1, 0.15) is 17.0 Å². The van der Waals surface area contributed by atoms with Gasteiger partial charge in [-0.05, 0) is 35.4 Å². The van der Waals surface area contributed by atoms with Crippen molar-refractivity contribution in [3.05, 3.63) is 78.4 Å². The zero-order valence-electron chi connectivity index (χ0n) is 22.0. The Hall–Kier alpha value is -2.88. The molecular weight excluding hydrogens is 540 g/mol. The standard InChI is InChI=1S/C29H36O12/c1-2-16(17-7-11-19(12-8-17)39-29-27(37)25(35)23(33)21(14-31)41-29)6-3-15-4-9-18(10-5-15)38-28-26(36)24(34)22(32)20(13-30)40-28/h2-12,16,20-37H,1,13-14H2/b6-3-/t16-,20+,21+,22-,23-,24-,25-,26-,27-,28+,29+/m1/s1. The topological polar surface area (TPSA) is 199 Å². The summed E-state index contributed by atoms with van der Waals surface area (Å²) >= 11 is 0. The zero-order valence-corrected chi connectivity index (χ0v) is 22.0. The van der Waals surface area contributed by atoms with Crippen molar-refractivity contribution in [1.29, 1.82) is 0 Å². The van der Waals surface area contributed by atoms with E-state index in [9.17, 15) is 40.9 Å². The summed E-state index contributed by atoms with van der Waals surface area (Å²) < 4.78 is 22.0. The summed E-state index contributed by atoms with van der Waals surface area (Å²) in [5, 5.41) is 78.7. The van der Waals surface area contributed by atoms with Crippen molar-refractivity contribution < 1.29 is 59.8 Å². The Labute approximate surface area is 236 Å². The molecule has 4 rings (SSSR count). The van der Waals surface area contributed by atoms with Crippen LogP contribution in [0, 0.1) is 0 Å². The van der Waals surface area contributed by atoms with Gasteiger partial charge < -0.3 is 59.8 Å². The molecule has 2 aliphatic heterocycles. The van der Waals surface area contributed by atoms with E-state index in [-0.39, 0.29) is 5.92 Å². The first-order chi connectivity index (χ1) is 19.7. The fourth-order valence-electron chi connectivity index (χ4n) is 4.56. The normalized spacial score (nSPS) is 34.7. The van der Waals surface area contributed by atoms with Gasteiger partial charge in [-0.25, -0.2) is 0 Å². The lowest BCUT2D eigenvalue weighted by atomic mass is 9.97. The van der Waals surface area contributed by atoms with Crippen molar-refractivity contribution in [2.45, 2.75) is 67.3 Å². The number of aliphatic hydroxyl groups is 8. The molecule has 8 N–H and O–H groups in total. The first kappa shape index (κ1) is 31.1.